The molecular formula is C12H12Cl2N2O3S. The molecule has 3 N–H and O–H groups in total. The number of hydrogen-bond donors (Lipinski definition) is 2. The molecule has 20 heavy (non-hydrogen) atoms. The fourth-order valence-corrected chi connectivity index (χ4v) is 3.63. The van der Waals surface area contributed by atoms with Gasteiger partial charge in [-0.05, 0) is 31.2 Å². The molecule has 0 aliphatic rings. The molecule has 2 aromatic rings. The van der Waals surface area contributed by atoms with E-state index in [1.165, 1.54) is 18.4 Å². The van der Waals surface area contributed by atoms with Crippen LogP contribution in [0.1, 0.15) is 18.7 Å². The Morgan fingerprint density at radius 1 is 1.30 bits per heavy atom. The molecule has 2 rings (SSSR count). The third-order valence-corrected chi connectivity index (χ3v) is 5.11. The van der Waals surface area contributed by atoms with Gasteiger partial charge in [0.15, 0.2) is 0 Å². The van der Waals surface area contributed by atoms with E-state index in [0.717, 1.165) is 0 Å². The Balaban J connectivity index is 2.34. The van der Waals surface area contributed by atoms with E-state index in [4.69, 9.17) is 33.4 Å². The lowest BCUT2D eigenvalue weighted by Crippen LogP contribution is -2.27. The van der Waals surface area contributed by atoms with E-state index < -0.39 is 16.1 Å². The maximum absolute atomic E-state index is 12.3. The molecule has 108 valence electrons. The molecule has 0 bridgehead atoms. The third kappa shape index (κ3) is 2.93. The Kier molecular flexibility index (Phi) is 4.29. The van der Waals surface area contributed by atoms with Crippen molar-refractivity contribution < 1.29 is 12.8 Å². The first-order valence-corrected chi connectivity index (χ1v) is 7.86. The topological polar surface area (TPSA) is 85.3 Å². The van der Waals surface area contributed by atoms with Crippen molar-refractivity contribution in [2.24, 2.45) is 0 Å². The number of nitrogens with one attached hydrogen (secondary N) is 1. The zero-order valence-electron chi connectivity index (χ0n) is 10.4. The summed E-state index contributed by atoms with van der Waals surface area (Å²) < 4.78 is 32.2. The summed E-state index contributed by atoms with van der Waals surface area (Å²) in [7, 11) is -3.84. The Morgan fingerprint density at radius 2 is 2.00 bits per heavy atom. The fraction of sp³-hybridized carbons (Fsp3) is 0.167. The van der Waals surface area contributed by atoms with Crippen molar-refractivity contribution in [1.82, 2.24) is 4.72 Å². The van der Waals surface area contributed by atoms with E-state index >= 15 is 0 Å². The molecule has 0 aliphatic heterocycles. The second kappa shape index (κ2) is 5.65. The van der Waals surface area contributed by atoms with Crippen LogP contribution in [0.4, 0.5) is 5.69 Å². The van der Waals surface area contributed by atoms with E-state index in [0.29, 0.717) is 5.76 Å². The Bertz CT molecular complexity index is 715. The van der Waals surface area contributed by atoms with Gasteiger partial charge in [0.2, 0.25) is 10.0 Å². The van der Waals surface area contributed by atoms with Gasteiger partial charge in [0.05, 0.1) is 28.0 Å². The van der Waals surface area contributed by atoms with Gasteiger partial charge < -0.3 is 10.2 Å². The number of sulfonamides is 1. The minimum atomic E-state index is -3.84. The van der Waals surface area contributed by atoms with Gasteiger partial charge in [0.25, 0.3) is 0 Å². The van der Waals surface area contributed by atoms with Crippen molar-refractivity contribution in [1.29, 1.82) is 0 Å². The Hall–Kier alpha value is -1.21. The van der Waals surface area contributed by atoms with E-state index in [2.05, 4.69) is 4.72 Å². The molecule has 1 heterocycles. The summed E-state index contributed by atoms with van der Waals surface area (Å²) in [6.07, 6.45) is 1.47. The lowest BCUT2D eigenvalue weighted by molar-refractivity contribution is 0.459. The largest absolute Gasteiger partial charge is 0.468 e. The van der Waals surface area contributed by atoms with Gasteiger partial charge in [-0.3, -0.25) is 0 Å². The van der Waals surface area contributed by atoms with Gasteiger partial charge in [-0.1, -0.05) is 23.2 Å². The molecule has 0 fully saturated rings. The van der Waals surface area contributed by atoms with Crippen molar-refractivity contribution in [2.45, 2.75) is 17.9 Å². The molecule has 1 atom stereocenters. The average Bonchev–Trinajstić information content (AvgIpc) is 2.89. The number of nitrogen functional groups attached to an aromatic ring is 1. The molecule has 1 unspecified atom stereocenters. The Labute approximate surface area is 126 Å². The van der Waals surface area contributed by atoms with Crippen molar-refractivity contribution in [2.75, 3.05) is 5.73 Å². The van der Waals surface area contributed by atoms with E-state index in [9.17, 15) is 8.42 Å². The third-order valence-electron chi connectivity index (χ3n) is 2.68. The van der Waals surface area contributed by atoms with Gasteiger partial charge in [0, 0.05) is 0 Å². The first-order chi connectivity index (χ1) is 9.33. The highest BCUT2D eigenvalue weighted by atomic mass is 35.5. The van der Waals surface area contributed by atoms with Crippen LogP contribution in [-0.2, 0) is 10.0 Å². The number of hydrogen-bond acceptors (Lipinski definition) is 4. The molecule has 1 aromatic heterocycles. The van der Waals surface area contributed by atoms with Crippen LogP contribution < -0.4 is 10.5 Å². The molecule has 0 radical (unpaired) electrons. The lowest BCUT2D eigenvalue weighted by Gasteiger charge is -2.14. The maximum atomic E-state index is 12.3. The summed E-state index contributed by atoms with van der Waals surface area (Å²) in [6.45, 7) is 1.66. The predicted octanol–water partition coefficient (Wildman–Crippen LogP) is 3.21. The molecule has 8 heteroatoms. The zero-order valence-corrected chi connectivity index (χ0v) is 12.8. The summed E-state index contributed by atoms with van der Waals surface area (Å²) in [5.41, 5.74) is 5.66. The fourth-order valence-electron chi connectivity index (χ4n) is 1.65. The van der Waals surface area contributed by atoms with Gasteiger partial charge in [-0.25, -0.2) is 13.1 Å². The molecule has 0 aliphatic carbocycles. The monoisotopic (exact) mass is 334 g/mol. The molecule has 0 amide bonds. The minimum absolute atomic E-state index is 0.0295. The number of rotatable bonds is 4. The van der Waals surface area contributed by atoms with Gasteiger partial charge in [0.1, 0.15) is 10.7 Å². The molecular weight excluding hydrogens is 323 g/mol. The maximum Gasteiger partial charge on any atom is 0.242 e. The van der Waals surface area contributed by atoms with Crippen LogP contribution >= 0.6 is 23.2 Å². The highest BCUT2D eigenvalue weighted by molar-refractivity contribution is 7.89. The average molecular weight is 335 g/mol. The van der Waals surface area contributed by atoms with Crippen molar-refractivity contribution in [3.8, 4) is 0 Å². The van der Waals surface area contributed by atoms with Crippen LogP contribution in [0.2, 0.25) is 10.0 Å². The SMILES string of the molecule is CC(NS(=O)(=O)c1ccc(Cl)c(N)c1Cl)c1ccco1. The normalized spacial score (nSPS) is 13.3. The standard InChI is InChI=1S/C12H12Cl2N2O3S/c1-7(9-3-2-6-19-9)16-20(17,18)10-5-4-8(13)12(15)11(10)14/h2-7,16H,15H2,1H3. The molecule has 1 aromatic carbocycles. The van der Waals surface area contributed by atoms with Gasteiger partial charge in [-0.2, -0.15) is 0 Å². The minimum Gasteiger partial charge on any atom is -0.468 e. The van der Waals surface area contributed by atoms with Crippen molar-refractivity contribution in [3.05, 3.63) is 46.3 Å². The lowest BCUT2D eigenvalue weighted by atomic mass is 10.3. The van der Waals surface area contributed by atoms with Crippen molar-refractivity contribution >= 4 is 38.9 Å². The summed E-state index contributed by atoms with van der Waals surface area (Å²) in [4.78, 5) is -0.125. The predicted molar refractivity (Wildman–Crippen MR) is 78.3 cm³/mol. The van der Waals surface area contributed by atoms with Crippen molar-refractivity contribution in [3.63, 3.8) is 0 Å². The number of furan rings is 1. The number of nitrogens with two attached hydrogens (primary N) is 1. The molecule has 0 saturated carbocycles. The van der Waals surface area contributed by atoms with Crippen LogP contribution in [0.15, 0.2) is 39.8 Å². The van der Waals surface area contributed by atoms with Crippen LogP contribution in [0, 0.1) is 0 Å². The second-order valence-corrected chi connectivity index (χ2v) is 6.60. The second-order valence-electron chi connectivity index (χ2n) is 4.13. The highest BCUT2D eigenvalue weighted by Gasteiger charge is 2.24. The first-order valence-electron chi connectivity index (χ1n) is 5.62. The van der Waals surface area contributed by atoms with Crippen LogP contribution in [0.5, 0.6) is 0 Å². The van der Waals surface area contributed by atoms with Crippen LogP contribution in [0.25, 0.3) is 0 Å². The number of benzene rings is 1. The molecule has 5 nitrogen and oxygen atoms in total. The van der Waals surface area contributed by atoms with Crippen LogP contribution in [-0.4, -0.2) is 8.42 Å². The molecule has 0 spiro atoms. The highest BCUT2D eigenvalue weighted by Crippen LogP contribution is 2.33. The summed E-state index contributed by atoms with van der Waals surface area (Å²) in [6, 6.07) is 5.49. The summed E-state index contributed by atoms with van der Waals surface area (Å²) in [5, 5.41) is 0.102. The van der Waals surface area contributed by atoms with Gasteiger partial charge in [-0.15, -0.1) is 0 Å². The number of halogens is 2. The first kappa shape index (κ1) is 15.2. The zero-order chi connectivity index (χ0) is 14.9. The summed E-state index contributed by atoms with van der Waals surface area (Å²) in [5.74, 6) is 0.492. The number of anilines is 1. The Morgan fingerprint density at radius 3 is 2.60 bits per heavy atom. The quantitative estimate of drug-likeness (QED) is 0.840. The summed E-state index contributed by atoms with van der Waals surface area (Å²) >= 11 is 11.7. The van der Waals surface area contributed by atoms with Gasteiger partial charge >= 0.3 is 0 Å². The van der Waals surface area contributed by atoms with Crippen LogP contribution in [0.3, 0.4) is 0 Å². The van der Waals surface area contributed by atoms with E-state index in [1.54, 1.807) is 19.1 Å². The molecule has 0 saturated heterocycles. The smallest absolute Gasteiger partial charge is 0.242 e. The van der Waals surface area contributed by atoms with E-state index in [-0.39, 0.29) is 20.6 Å². The van der Waals surface area contributed by atoms with E-state index in [1.807, 2.05) is 0 Å².